The molecule has 3 fully saturated rings. The van der Waals surface area contributed by atoms with E-state index in [1.807, 2.05) is 4.90 Å². The minimum absolute atomic E-state index is 0.0283. The van der Waals surface area contributed by atoms with Crippen LogP contribution in [-0.2, 0) is 9.59 Å². The summed E-state index contributed by atoms with van der Waals surface area (Å²) in [5, 5.41) is 3.03. The van der Waals surface area contributed by atoms with Gasteiger partial charge in [0, 0.05) is 30.8 Å². The van der Waals surface area contributed by atoms with Gasteiger partial charge in [-0.05, 0) is 32.7 Å². The van der Waals surface area contributed by atoms with Gasteiger partial charge in [0.2, 0.25) is 11.8 Å². The molecule has 124 valence electrons. The number of nitrogens with zero attached hydrogens (tertiary/aromatic N) is 2. The lowest BCUT2D eigenvalue weighted by Gasteiger charge is -2.26. The average molecular weight is 325 g/mol. The Bertz CT molecular complexity index is 422. The minimum atomic E-state index is -0.260. The Morgan fingerprint density at radius 2 is 1.95 bits per heavy atom. The first-order chi connectivity index (χ1) is 10.7. The van der Waals surface area contributed by atoms with Gasteiger partial charge in [0.15, 0.2) is 0 Å². The predicted molar refractivity (Wildman–Crippen MR) is 88.6 cm³/mol. The minimum Gasteiger partial charge on any atom is -0.353 e. The third kappa shape index (κ3) is 3.77. The van der Waals surface area contributed by atoms with Crippen LogP contribution in [0.15, 0.2) is 0 Å². The molecule has 3 aliphatic rings. The van der Waals surface area contributed by atoms with Crippen molar-refractivity contribution in [2.24, 2.45) is 5.92 Å². The van der Waals surface area contributed by atoms with Crippen molar-refractivity contribution in [3.63, 3.8) is 0 Å². The van der Waals surface area contributed by atoms with E-state index in [0.717, 1.165) is 44.0 Å². The molecule has 1 atom stereocenters. The molecule has 0 bridgehead atoms. The maximum absolute atomic E-state index is 12.6. The summed E-state index contributed by atoms with van der Waals surface area (Å²) < 4.78 is 0. The predicted octanol–water partition coefficient (Wildman–Crippen LogP) is 1.29. The zero-order chi connectivity index (χ0) is 15.5. The number of hydrogen-bond acceptors (Lipinski definition) is 4. The van der Waals surface area contributed by atoms with Crippen molar-refractivity contribution in [1.82, 2.24) is 15.1 Å². The summed E-state index contributed by atoms with van der Waals surface area (Å²) in [6.45, 7) is 1.57. The molecule has 0 aromatic carbocycles. The second-order valence-corrected chi connectivity index (χ2v) is 7.81. The van der Waals surface area contributed by atoms with E-state index in [1.54, 1.807) is 11.8 Å². The SMILES string of the molecule is CN(CCNC(=O)[C@@H]1CSCN1C(=O)C1CCCC1)C1CC1. The Hall–Kier alpha value is -0.750. The van der Waals surface area contributed by atoms with Crippen LogP contribution in [0.5, 0.6) is 0 Å². The Kier molecular flexibility index (Phi) is 5.29. The molecule has 0 aromatic rings. The molecule has 3 rings (SSSR count). The molecule has 2 aliphatic carbocycles. The van der Waals surface area contributed by atoms with Crippen LogP contribution in [0.1, 0.15) is 38.5 Å². The molecule has 0 aromatic heterocycles. The zero-order valence-electron chi connectivity index (χ0n) is 13.4. The third-order valence-electron chi connectivity index (χ3n) is 5.11. The second-order valence-electron chi connectivity index (χ2n) is 6.81. The van der Waals surface area contributed by atoms with E-state index in [4.69, 9.17) is 0 Å². The molecule has 2 saturated carbocycles. The van der Waals surface area contributed by atoms with Gasteiger partial charge < -0.3 is 15.1 Å². The van der Waals surface area contributed by atoms with E-state index >= 15 is 0 Å². The Balaban J connectivity index is 1.46. The van der Waals surface area contributed by atoms with Gasteiger partial charge in [0.05, 0.1) is 5.88 Å². The fraction of sp³-hybridized carbons (Fsp3) is 0.875. The number of rotatable bonds is 6. The highest BCUT2D eigenvalue weighted by atomic mass is 32.2. The Morgan fingerprint density at radius 3 is 2.64 bits per heavy atom. The topological polar surface area (TPSA) is 52.7 Å². The van der Waals surface area contributed by atoms with Crippen LogP contribution in [-0.4, -0.2) is 65.5 Å². The number of likely N-dealkylation sites (N-methyl/N-ethyl adjacent to an activating group) is 1. The average Bonchev–Trinajstić information content (AvgIpc) is 3.04. The van der Waals surface area contributed by atoms with E-state index in [0.29, 0.717) is 12.4 Å². The van der Waals surface area contributed by atoms with Crippen LogP contribution in [0, 0.1) is 5.92 Å². The summed E-state index contributed by atoms with van der Waals surface area (Å²) in [6.07, 6.45) is 6.88. The van der Waals surface area contributed by atoms with Gasteiger partial charge in [0.1, 0.15) is 6.04 Å². The van der Waals surface area contributed by atoms with Crippen LogP contribution in [0.4, 0.5) is 0 Å². The first-order valence-electron chi connectivity index (χ1n) is 8.53. The number of nitrogens with one attached hydrogen (secondary N) is 1. The second kappa shape index (κ2) is 7.21. The summed E-state index contributed by atoms with van der Waals surface area (Å²) in [5.41, 5.74) is 0. The van der Waals surface area contributed by atoms with Crippen LogP contribution in [0.25, 0.3) is 0 Å². The van der Waals surface area contributed by atoms with Crippen LogP contribution < -0.4 is 5.32 Å². The summed E-state index contributed by atoms with van der Waals surface area (Å²) in [4.78, 5) is 29.1. The van der Waals surface area contributed by atoms with Gasteiger partial charge in [-0.3, -0.25) is 9.59 Å². The summed E-state index contributed by atoms with van der Waals surface area (Å²) in [7, 11) is 2.12. The molecule has 1 heterocycles. The summed E-state index contributed by atoms with van der Waals surface area (Å²) >= 11 is 1.69. The van der Waals surface area contributed by atoms with Crippen molar-refractivity contribution >= 4 is 23.6 Å². The molecular weight excluding hydrogens is 298 g/mol. The quantitative estimate of drug-likeness (QED) is 0.799. The first-order valence-corrected chi connectivity index (χ1v) is 9.68. The lowest BCUT2D eigenvalue weighted by Crippen LogP contribution is -2.49. The molecule has 0 spiro atoms. The van der Waals surface area contributed by atoms with Crippen molar-refractivity contribution in [3.05, 3.63) is 0 Å². The van der Waals surface area contributed by atoms with Crippen molar-refractivity contribution in [1.29, 1.82) is 0 Å². The molecule has 1 aliphatic heterocycles. The number of carbonyl (C=O) groups excluding carboxylic acids is 2. The van der Waals surface area contributed by atoms with E-state index in [-0.39, 0.29) is 23.8 Å². The maximum Gasteiger partial charge on any atom is 0.243 e. The van der Waals surface area contributed by atoms with Gasteiger partial charge in [0.25, 0.3) is 0 Å². The number of carbonyl (C=O) groups is 2. The highest BCUT2D eigenvalue weighted by Gasteiger charge is 2.38. The van der Waals surface area contributed by atoms with Crippen LogP contribution >= 0.6 is 11.8 Å². The number of amides is 2. The lowest BCUT2D eigenvalue weighted by molar-refractivity contribution is -0.141. The monoisotopic (exact) mass is 325 g/mol. The smallest absolute Gasteiger partial charge is 0.243 e. The fourth-order valence-electron chi connectivity index (χ4n) is 3.46. The van der Waals surface area contributed by atoms with E-state index < -0.39 is 0 Å². The van der Waals surface area contributed by atoms with Crippen LogP contribution in [0.2, 0.25) is 0 Å². The Labute approximate surface area is 137 Å². The molecule has 2 amide bonds. The van der Waals surface area contributed by atoms with E-state index in [9.17, 15) is 9.59 Å². The molecule has 22 heavy (non-hydrogen) atoms. The fourth-order valence-corrected chi connectivity index (χ4v) is 4.62. The van der Waals surface area contributed by atoms with Gasteiger partial charge in [-0.15, -0.1) is 11.8 Å². The summed E-state index contributed by atoms with van der Waals surface area (Å²) in [6, 6.07) is 0.462. The summed E-state index contributed by atoms with van der Waals surface area (Å²) in [5.74, 6) is 1.81. The van der Waals surface area contributed by atoms with Crippen molar-refractivity contribution < 1.29 is 9.59 Å². The van der Waals surface area contributed by atoms with E-state index in [1.165, 1.54) is 12.8 Å². The Morgan fingerprint density at radius 1 is 1.23 bits per heavy atom. The van der Waals surface area contributed by atoms with Crippen molar-refractivity contribution in [3.8, 4) is 0 Å². The largest absolute Gasteiger partial charge is 0.353 e. The molecular formula is C16H27N3O2S. The van der Waals surface area contributed by atoms with E-state index in [2.05, 4.69) is 17.3 Å². The normalized spacial score (nSPS) is 25.9. The third-order valence-corrected chi connectivity index (χ3v) is 6.12. The van der Waals surface area contributed by atoms with Gasteiger partial charge in [-0.25, -0.2) is 0 Å². The molecule has 0 unspecified atom stereocenters. The maximum atomic E-state index is 12.6. The van der Waals surface area contributed by atoms with Gasteiger partial charge in [-0.1, -0.05) is 12.8 Å². The molecule has 5 nitrogen and oxygen atoms in total. The molecule has 6 heteroatoms. The molecule has 1 saturated heterocycles. The number of thioether (sulfide) groups is 1. The van der Waals surface area contributed by atoms with Crippen molar-refractivity contribution in [2.45, 2.75) is 50.6 Å². The standard InChI is InChI=1S/C16H27N3O2S/c1-18(13-6-7-13)9-8-17-15(20)14-10-22-11-19(14)16(21)12-4-2-3-5-12/h12-14H,2-11H2,1H3,(H,17,20)/t14-/m0/s1. The molecule has 0 radical (unpaired) electrons. The highest BCUT2D eigenvalue weighted by molar-refractivity contribution is 7.99. The molecule has 1 N–H and O–H groups in total. The lowest BCUT2D eigenvalue weighted by atomic mass is 10.1. The highest BCUT2D eigenvalue weighted by Crippen LogP contribution is 2.30. The van der Waals surface area contributed by atoms with Crippen molar-refractivity contribution in [2.75, 3.05) is 31.8 Å². The van der Waals surface area contributed by atoms with Gasteiger partial charge in [-0.2, -0.15) is 0 Å². The van der Waals surface area contributed by atoms with Crippen LogP contribution in [0.3, 0.4) is 0 Å². The first kappa shape index (κ1) is 16.1. The van der Waals surface area contributed by atoms with Gasteiger partial charge >= 0.3 is 0 Å². The number of hydrogen-bond donors (Lipinski definition) is 1. The zero-order valence-corrected chi connectivity index (χ0v) is 14.2.